The Hall–Kier alpha value is -2.60. The summed E-state index contributed by atoms with van der Waals surface area (Å²) in [5.41, 5.74) is 0.165. The quantitative estimate of drug-likeness (QED) is 0.0976. The van der Waals surface area contributed by atoms with E-state index in [-0.39, 0.29) is 16.6 Å². The van der Waals surface area contributed by atoms with E-state index in [0.717, 1.165) is 16.5 Å². The standard InChI is InChI=1S/C22H20Cl3F3N6OS/c1-12(29)18(24)19(33-30)34(11-16-10-32-21(25)36-16)7-6-13-2-4-15(5-3-13)35-20-17(23)8-14(9-31-20)22(26,27)28/h2-5,8-10,18,29H,6-7,11,30H2,1H3/b29-12?,33-19-. The van der Waals surface area contributed by atoms with E-state index in [1.54, 1.807) is 37.4 Å². The molecule has 1 unspecified atom stereocenters. The fraction of sp³-hybridized carbons (Fsp3) is 0.273. The van der Waals surface area contributed by atoms with E-state index in [0.29, 0.717) is 41.8 Å². The number of hydrazone groups is 1. The number of nitrogens with two attached hydrogens (primary N) is 1. The van der Waals surface area contributed by atoms with Crippen molar-refractivity contribution >= 4 is 57.7 Å². The smallest absolute Gasteiger partial charge is 0.417 e. The van der Waals surface area contributed by atoms with Crippen molar-refractivity contribution in [3.05, 3.63) is 68.2 Å². The Kier molecular flexibility index (Phi) is 9.40. The number of hydrogen-bond donors (Lipinski definition) is 2. The SMILES string of the molecule is CC(=N)C(Cl)/C(=N/N)N(CCc1ccc(Oc2ncc(C(F)(F)F)cc2Cl)cc1)Cc1cnc(Cl)s1. The summed E-state index contributed by atoms with van der Waals surface area (Å²) in [7, 11) is 0. The first-order valence-electron chi connectivity index (χ1n) is 10.3. The predicted octanol–water partition coefficient (Wildman–Crippen LogP) is 6.62. The van der Waals surface area contributed by atoms with Gasteiger partial charge in [0.15, 0.2) is 4.47 Å². The van der Waals surface area contributed by atoms with Gasteiger partial charge >= 0.3 is 6.18 Å². The summed E-state index contributed by atoms with van der Waals surface area (Å²) in [6.45, 7) is 2.44. The summed E-state index contributed by atoms with van der Waals surface area (Å²) in [5.74, 6) is 6.18. The summed E-state index contributed by atoms with van der Waals surface area (Å²) < 4.78 is 44.3. The zero-order chi connectivity index (χ0) is 26.5. The average molecular weight is 580 g/mol. The highest BCUT2D eigenvalue weighted by Crippen LogP contribution is 2.34. The fourth-order valence-corrected chi connectivity index (χ4v) is 4.47. The first-order chi connectivity index (χ1) is 17.0. The molecular weight excluding hydrogens is 560 g/mol. The molecule has 3 rings (SSSR count). The minimum atomic E-state index is -4.55. The van der Waals surface area contributed by atoms with Crippen LogP contribution in [0.4, 0.5) is 13.2 Å². The fourth-order valence-electron chi connectivity index (χ4n) is 3.08. The molecule has 192 valence electrons. The number of benzene rings is 1. The third-order valence-corrected chi connectivity index (χ3v) is 6.77. The predicted molar refractivity (Wildman–Crippen MR) is 137 cm³/mol. The number of nitrogens with one attached hydrogen (secondary N) is 1. The number of pyridine rings is 1. The van der Waals surface area contributed by atoms with Crippen LogP contribution in [0.3, 0.4) is 0 Å². The monoisotopic (exact) mass is 578 g/mol. The van der Waals surface area contributed by atoms with Gasteiger partial charge in [-0.05, 0) is 37.1 Å². The number of amidine groups is 1. The van der Waals surface area contributed by atoms with Crippen molar-refractivity contribution in [3.63, 3.8) is 0 Å². The van der Waals surface area contributed by atoms with Crippen LogP contribution >= 0.6 is 46.1 Å². The van der Waals surface area contributed by atoms with Gasteiger partial charge in [0, 0.05) is 29.5 Å². The molecule has 3 N–H and O–H groups in total. The van der Waals surface area contributed by atoms with Crippen LogP contribution in [-0.2, 0) is 19.1 Å². The molecule has 0 aliphatic rings. The normalized spacial score (nSPS) is 12.9. The lowest BCUT2D eigenvalue weighted by Gasteiger charge is -2.27. The van der Waals surface area contributed by atoms with Crippen LogP contribution < -0.4 is 10.6 Å². The molecule has 14 heteroatoms. The van der Waals surface area contributed by atoms with Gasteiger partial charge in [-0.1, -0.05) is 35.3 Å². The minimum Gasteiger partial charge on any atom is -0.438 e. The highest BCUT2D eigenvalue weighted by Gasteiger charge is 2.32. The number of ether oxygens (including phenoxy) is 1. The van der Waals surface area contributed by atoms with Crippen molar-refractivity contribution in [2.75, 3.05) is 6.54 Å². The Morgan fingerprint density at radius 1 is 1.22 bits per heavy atom. The van der Waals surface area contributed by atoms with E-state index in [2.05, 4.69) is 15.1 Å². The van der Waals surface area contributed by atoms with Crippen molar-refractivity contribution in [2.24, 2.45) is 10.9 Å². The number of alkyl halides is 4. The van der Waals surface area contributed by atoms with E-state index in [1.165, 1.54) is 11.3 Å². The molecule has 36 heavy (non-hydrogen) atoms. The van der Waals surface area contributed by atoms with Gasteiger partial charge in [0.05, 0.1) is 12.1 Å². The van der Waals surface area contributed by atoms with Crippen LogP contribution in [-0.4, -0.2) is 38.3 Å². The van der Waals surface area contributed by atoms with Gasteiger partial charge < -0.3 is 20.9 Å². The second-order valence-corrected chi connectivity index (χ2v) is 10.1. The Bertz CT molecular complexity index is 1240. The molecule has 0 saturated heterocycles. The zero-order valence-corrected chi connectivity index (χ0v) is 21.8. The maximum absolute atomic E-state index is 12.8. The van der Waals surface area contributed by atoms with Crippen LogP contribution in [0.5, 0.6) is 11.6 Å². The highest BCUT2D eigenvalue weighted by molar-refractivity contribution is 7.15. The summed E-state index contributed by atoms with van der Waals surface area (Å²) in [5, 5.41) is 10.6. The van der Waals surface area contributed by atoms with E-state index >= 15 is 0 Å². The van der Waals surface area contributed by atoms with Gasteiger partial charge in [-0.15, -0.1) is 22.9 Å². The van der Waals surface area contributed by atoms with Crippen LogP contribution in [0.15, 0.2) is 47.8 Å². The second-order valence-electron chi connectivity index (χ2n) is 7.54. The van der Waals surface area contributed by atoms with Gasteiger partial charge in [0.25, 0.3) is 0 Å². The van der Waals surface area contributed by atoms with Crippen molar-refractivity contribution in [2.45, 2.75) is 31.4 Å². The molecule has 0 radical (unpaired) electrons. The third kappa shape index (κ3) is 7.45. The molecule has 0 fully saturated rings. The van der Waals surface area contributed by atoms with Crippen LogP contribution in [0, 0.1) is 5.41 Å². The molecule has 1 aromatic carbocycles. The van der Waals surface area contributed by atoms with Gasteiger partial charge in [-0.2, -0.15) is 18.3 Å². The van der Waals surface area contributed by atoms with Crippen molar-refractivity contribution in [1.29, 1.82) is 5.41 Å². The molecule has 7 nitrogen and oxygen atoms in total. The Labute approximate surface area is 224 Å². The molecule has 1 atom stereocenters. The molecule has 2 aromatic heterocycles. The molecule has 0 spiro atoms. The zero-order valence-electron chi connectivity index (χ0n) is 18.7. The summed E-state index contributed by atoms with van der Waals surface area (Å²) >= 11 is 19.5. The molecule has 0 amide bonds. The maximum atomic E-state index is 12.8. The minimum absolute atomic E-state index is 0.134. The number of thiazole rings is 1. The van der Waals surface area contributed by atoms with Crippen molar-refractivity contribution in [3.8, 4) is 11.6 Å². The number of hydrogen-bond acceptors (Lipinski definition) is 7. The molecule has 0 saturated carbocycles. The summed E-state index contributed by atoms with van der Waals surface area (Å²) in [6, 6.07) is 7.67. The number of aromatic nitrogens is 2. The van der Waals surface area contributed by atoms with Crippen LogP contribution in [0.2, 0.25) is 9.49 Å². The lowest BCUT2D eigenvalue weighted by molar-refractivity contribution is -0.137. The highest BCUT2D eigenvalue weighted by atomic mass is 35.5. The van der Waals surface area contributed by atoms with Crippen LogP contribution in [0.1, 0.15) is 22.9 Å². The Balaban J connectivity index is 1.70. The third-order valence-electron chi connectivity index (χ3n) is 4.88. The topological polar surface area (TPSA) is 100 Å². The molecule has 0 bridgehead atoms. The summed E-state index contributed by atoms with van der Waals surface area (Å²) in [6.07, 6.45) is -1.67. The molecule has 3 aromatic rings. The van der Waals surface area contributed by atoms with Crippen molar-refractivity contribution in [1.82, 2.24) is 14.9 Å². The molecule has 0 aliphatic heterocycles. The molecular formula is C22H20Cl3F3N6OS. The van der Waals surface area contributed by atoms with E-state index < -0.39 is 17.1 Å². The molecule has 2 heterocycles. The van der Waals surface area contributed by atoms with E-state index in [9.17, 15) is 13.2 Å². The van der Waals surface area contributed by atoms with Gasteiger partial charge in [-0.25, -0.2) is 9.97 Å². The lowest BCUT2D eigenvalue weighted by Crippen LogP contribution is -2.41. The van der Waals surface area contributed by atoms with Gasteiger partial charge in [0.2, 0.25) is 5.88 Å². The van der Waals surface area contributed by atoms with Gasteiger partial charge in [0.1, 0.15) is 22.0 Å². The molecule has 0 aliphatic carbocycles. The van der Waals surface area contributed by atoms with Crippen molar-refractivity contribution < 1.29 is 17.9 Å². The Morgan fingerprint density at radius 2 is 1.92 bits per heavy atom. The number of nitrogens with zero attached hydrogens (tertiary/aromatic N) is 4. The van der Waals surface area contributed by atoms with E-state index in [4.69, 9.17) is 50.8 Å². The van der Waals surface area contributed by atoms with E-state index in [1.807, 2.05) is 4.90 Å². The van der Waals surface area contributed by atoms with Gasteiger partial charge in [-0.3, -0.25) is 0 Å². The second kappa shape index (κ2) is 12.1. The lowest BCUT2D eigenvalue weighted by atomic mass is 10.1. The number of rotatable bonds is 9. The first kappa shape index (κ1) is 28.0. The summed E-state index contributed by atoms with van der Waals surface area (Å²) in [4.78, 5) is 10.5. The largest absolute Gasteiger partial charge is 0.438 e. The maximum Gasteiger partial charge on any atom is 0.417 e. The Morgan fingerprint density at radius 3 is 2.44 bits per heavy atom. The number of halogens is 6. The first-order valence-corrected chi connectivity index (χ1v) is 12.3. The van der Waals surface area contributed by atoms with Crippen LogP contribution in [0.25, 0.3) is 0 Å². The average Bonchev–Trinajstić information content (AvgIpc) is 3.23.